The molecule has 1 amide bonds. The molecule has 1 atom stereocenters. The number of hydrogen-bond donors (Lipinski definition) is 1. The minimum atomic E-state index is -3.27. The number of sulfone groups is 1. The van der Waals surface area contributed by atoms with E-state index in [-0.39, 0.29) is 23.3 Å². The lowest BCUT2D eigenvalue weighted by molar-refractivity contribution is -0.120. The smallest absolute Gasteiger partial charge is 0.340 e. The fourth-order valence-corrected chi connectivity index (χ4v) is 4.29. The largest absolute Gasteiger partial charge is 0.493 e. The maximum Gasteiger partial charge on any atom is 0.340 e. The summed E-state index contributed by atoms with van der Waals surface area (Å²) in [4.78, 5) is 24.7. The van der Waals surface area contributed by atoms with Crippen LogP contribution in [0.1, 0.15) is 11.1 Å². The highest BCUT2D eigenvalue weighted by Gasteiger charge is 2.24. The molecule has 0 saturated heterocycles. The van der Waals surface area contributed by atoms with E-state index in [2.05, 4.69) is 5.32 Å². The Bertz CT molecular complexity index is 1100. The number of ether oxygens (including phenoxy) is 2. The lowest BCUT2D eigenvalue weighted by Gasteiger charge is -2.13. The summed E-state index contributed by atoms with van der Waals surface area (Å²) in [6.07, 6.45) is 1.20. The molecule has 0 bridgehead atoms. The van der Waals surface area contributed by atoms with Gasteiger partial charge in [0.2, 0.25) is 11.7 Å². The molecule has 1 aliphatic rings. The van der Waals surface area contributed by atoms with Crippen LogP contribution in [0.5, 0.6) is 11.5 Å². The molecule has 0 spiro atoms. The van der Waals surface area contributed by atoms with Crippen molar-refractivity contribution < 1.29 is 27.1 Å². The quantitative estimate of drug-likeness (QED) is 0.757. The molecule has 1 aromatic carbocycles. The molecule has 9 heteroatoms. The van der Waals surface area contributed by atoms with E-state index in [1.807, 2.05) is 0 Å². The van der Waals surface area contributed by atoms with Crippen LogP contribution in [-0.4, -0.2) is 40.3 Å². The van der Waals surface area contributed by atoms with Crippen molar-refractivity contribution in [1.29, 1.82) is 0 Å². The number of fused-ring (bicyclic) bond motifs is 1. The van der Waals surface area contributed by atoms with E-state index in [1.165, 1.54) is 20.3 Å². The van der Waals surface area contributed by atoms with Gasteiger partial charge in [0.15, 0.2) is 21.2 Å². The van der Waals surface area contributed by atoms with E-state index in [0.29, 0.717) is 22.4 Å². The van der Waals surface area contributed by atoms with Gasteiger partial charge in [-0.25, -0.2) is 13.2 Å². The van der Waals surface area contributed by atoms with Crippen molar-refractivity contribution in [2.75, 3.05) is 20.0 Å². The minimum absolute atomic E-state index is 0.180. The Labute approximate surface area is 155 Å². The SMILES string of the molecule is COc1ccc2c(C)c(CC(=O)NC3C=CS(=O)(=O)C3)c(=O)oc2c1OC. The van der Waals surface area contributed by atoms with Gasteiger partial charge in [0.05, 0.1) is 38.0 Å². The molecule has 1 N–H and O–H groups in total. The molecular formula is C18H19NO7S. The second kappa shape index (κ2) is 7.07. The summed E-state index contributed by atoms with van der Waals surface area (Å²) >= 11 is 0. The molecule has 0 saturated carbocycles. The lowest BCUT2D eigenvalue weighted by Crippen LogP contribution is -2.37. The normalized spacial score (nSPS) is 17.8. The van der Waals surface area contributed by atoms with Gasteiger partial charge in [-0.05, 0) is 30.7 Å². The van der Waals surface area contributed by atoms with Gasteiger partial charge in [-0.3, -0.25) is 4.79 Å². The summed E-state index contributed by atoms with van der Waals surface area (Å²) in [6.45, 7) is 1.72. The first-order valence-corrected chi connectivity index (χ1v) is 9.85. The number of carbonyl (C=O) groups is 1. The molecule has 0 fully saturated rings. The predicted octanol–water partition coefficient (Wildman–Crippen LogP) is 1.09. The molecule has 2 heterocycles. The number of benzene rings is 1. The van der Waals surface area contributed by atoms with Crippen LogP contribution >= 0.6 is 0 Å². The Morgan fingerprint density at radius 3 is 2.63 bits per heavy atom. The van der Waals surface area contributed by atoms with Crippen LogP contribution in [0.25, 0.3) is 11.0 Å². The first-order chi connectivity index (χ1) is 12.8. The van der Waals surface area contributed by atoms with Gasteiger partial charge in [-0.15, -0.1) is 0 Å². The van der Waals surface area contributed by atoms with E-state index < -0.39 is 27.4 Å². The summed E-state index contributed by atoms with van der Waals surface area (Å²) < 4.78 is 38.7. The van der Waals surface area contributed by atoms with Crippen LogP contribution in [0.3, 0.4) is 0 Å². The number of methoxy groups -OCH3 is 2. The Balaban J connectivity index is 1.92. The maximum absolute atomic E-state index is 12.4. The summed E-state index contributed by atoms with van der Waals surface area (Å²) in [5, 5.41) is 4.30. The summed E-state index contributed by atoms with van der Waals surface area (Å²) in [6, 6.07) is 2.81. The van der Waals surface area contributed by atoms with Crippen LogP contribution in [0.4, 0.5) is 0 Å². The molecule has 0 radical (unpaired) electrons. The topological polar surface area (TPSA) is 112 Å². The molecule has 1 aromatic heterocycles. The fraction of sp³-hybridized carbons (Fsp3) is 0.333. The van der Waals surface area contributed by atoms with Crippen molar-refractivity contribution in [3.63, 3.8) is 0 Å². The standard InChI is InChI=1S/C18H19NO7S/c1-10-12-4-5-14(24-2)17(25-3)16(12)26-18(21)13(10)8-15(20)19-11-6-7-27(22,23)9-11/h4-7,11H,8-9H2,1-3H3,(H,19,20). The van der Waals surface area contributed by atoms with Crippen molar-refractivity contribution in [3.05, 3.63) is 45.2 Å². The van der Waals surface area contributed by atoms with Gasteiger partial charge >= 0.3 is 5.63 Å². The number of aryl methyl sites for hydroxylation is 1. The zero-order valence-electron chi connectivity index (χ0n) is 15.1. The number of carbonyl (C=O) groups excluding carboxylic acids is 1. The van der Waals surface area contributed by atoms with Crippen molar-refractivity contribution in [1.82, 2.24) is 5.32 Å². The zero-order chi connectivity index (χ0) is 19.8. The number of hydrogen-bond acceptors (Lipinski definition) is 7. The fourth-order valence-electron chi connectivity index (χ4n) is 3.05. The predicted molar refractivity (Wildman–Crippen MR) is 98.9 cm³/mol. The monoisotopic (exact) mass is 393 g/mol. The molecule has 1 aliphatic heterocycles. The third-order valence-electron chi connectivity index (χ3n) is 4.41. The Morgan fingerprint density at radius 2 is 2.04 bits per heavy atom. The van der Waals surface area contributed by atoms with Crippen molar-refractivity contribution in [2.24, 2.45) is 0 Å². The number of amides is 1. The van der Waals surface area contributed by atoms with Crippen LogP contribution in [-0.2, 0) is 21.1 Å². The molecule has 0 aliphatic carbocycles. The maximum atomic E-state index is 12.4. The molecule has 2 aromatic rings. The zero-order valence-corrected chi connectivity index (χ0v) is 15.9. The van der Waals surface area contributed by atoms with Crippen LogP contribution in [0.2, 0.25) is 0 Å². The average Bonchev–Trinajstić information content (AvgIpc) is 2.95. The lowest BCUT2D eigenvalue weighted by atomic mass is 10.0. The van der Waals surface area contributed by atoms with Gasteiger partial charge in [0.1, 0.15) is 0 Å². The van der Waals surface area contributed by atoms with Gasteiger partial charge in [0.25, 0.3) is 0 Å². The Morgan fingerprint density at radius 1 is 1.30 bits per heavy atom. The van der Waals surface area contributed by atoms with E-state index in [0.717, 1.165) is 5.41 Å². The molecule has 27 heavy (non-hydrogen) atoms. The highest BCUT2D eigenvalue weighted by Crippen LogP contribution is 2.36. The highest BCUT2D eigenvalue weighted by molar-refractivity contribution is 7.94. The minimum Gasteiger partial charge on any atom is -0.493 e. The van der Waals surface area contributed by atoms with Gasteiger partial charge in [0, 0.05) is 10.8 Å². The van der Waals surface area contributed by atoms with Crippen LogP contribution < -0.4 is 20.4 Å². The first kappa shape index (κ1) is 19.0. The summed E-state index contributed by atoms with van der Waals surface area (Å²) in [5.41, 5.74) is 0.383. The summed E-state index contributed by atoms with van der Waals surface area (Å²) in [7, 11) is -0.356. The van der Waals surface area contributed by atoms with E-state index in [4.69, 9.17) is 13.9 Å². The van der Waals surface area contributed by atoms with Crippen LogP contribution in [0.15, 0.2) is 32.8 Å². The van der Waals surface area contributed by atoms with Crippen molar-refractivity contribution in [2.45, 2.75) is 19.4 Å². The average molecular weight is 393 g/mol. The number of rotatable bonds is 5. The molecule has 1 unspecified atom stereocenters. The molecule has 144 valence electrons. The van der Waals surface area contributed by atoms with Crippen molar-refractivity contribution >= 4 is 26.7 Å². The van der Waals surface area contributed by atoms with E-state index in [9.17, 15) is 18.0 Å². The second-order valence-corrected chi connectivity index (χ2v) is 8.11. The first-order valence-electron chi connectivity index (χ1n) is 8.13. The summed E-state index contributed by atoms with van der Waals surface area (Å²) in [5.74, 6) is 0.0814. The van der Waals surface area contributed by atoms with Gasteiger partial charge in [-0.1, -0.05) is 0 Å². The third-order valence-corrected chi connectivity index (χ3v) is 5.81. The highest BCUT2D eigenvalue weighted by atomic mass is 32.2. The van der Waals surface area contributed by atoms with Crippen LogP contribution in [0, 0.1) is 6.92 Å². The van der Waals surface area contributed by atoms with Gasteiger partial charge in [-0.2, -0.15) is 0 Å². The molecular weight excluding hydrogens is 374 g/mol. The second-order valence-electron chi connectivity index (χ2n) is 6.18. The third kappa shape index (κ3) is 3.68. The Hall–Kier alpha value is -2.81. The molecule has 8 nitrogen and oxygen atoms in total. The van der Waals surface area contributed by atoms with Gasteiger partial charge < -0.3 is 19.2 Å². The molecule has 3 rings (SSSR count). The number of nitrogens with one attached hydrogen (secondary N) is 1. The van der Waals surface area contributed by atoms with E-state index in [1.54, 1.807) is 19.1 Å². The Kier molecular flexibility index (Phi) is 4.97. The van der Waals surface area contributed by atoms with E-state index >= 15 is 0 Å². The van der Waals surface area contributed by atoms with Crippen molar-refractivity contribution in [3.8, 4) is 11.5 Å².